The number of rotatable bonds is 5. The van der Waals surface area contributed by atoms with E-state index in [0.29, 0.717) is 12.3 Å². The summed E-state index contributed by atoms with van der Waals surface area (Å²) in [5.74, 6) is 0.558. The number of carbonyl (C=O) groups is 1. The number of hydrogen-bond donors (Lipinski definition) is 1. The second-order valence-electron chi connectivity index (χ2n) is 3.90. The standard InChI is InChI=1S/C10H15BrN2O2/c1-7(2)6-13-8(11)5-12-9(13)3-4-10(14)15/h5,7H,3-4,6H2,1-2H3,(H,14,15). The van der Waals surface area contributed by atoms with Crippen LogP contribution in [0.4, 0.5) is 0 Å². The summed E-state index contributed by atoms with van der Waals surface area (Å²) >= 11 is 3.41. The molecule has 0 aliphatic heterocycles. The molecule has 0 saturated heterocycles. The number of imidazole rings is 1. The van der Waals surface area contributed by atoms with Gasteiger partial charge >= 0.3 is 5.97 Å². The van der Waals surface area contributed by atoms with Crippen LogP contribution in [0.5, 0.6) is 0 Å². The Bertz CT molecular complexity index is 347. The first-order valence-electron chi connectivity index (χ1n) is 4.92. The normalized spacial score (nSPS) is 10.9. The van der Waals surface area contributed by atoms with Gasteiger partial charge in [-0.15, -0.1) is 0 Å². The molecule has 4 nitrogen and oxygen atoms in total. The van der Waals surface area contributed by atoms with Gasteiger partial charge < -0.3 is 9.67 Å². The van der Waals surface area contributed by atoms with Crippen LogP contribution in [0.2, 0.25) is 0 Å². The molecule has 0 amide bonds. The van der Waals surface area contributed by atoms with Gasteiger partial charge in [0.05, 0.1) is 12.6 Å². The molecule has 0 radical (unpaired) electrons. The van der Waals surface area contributed by atoms with Crippen molar-refractivity contribution in [2.24, 2.45) is 5.92 Å². The van der Waals surface area contributed by atoms with Gasteiger partial charge in [-0.1, -0.05) is 13.8 Å². The smallest absolute Gasteiger partial charge is 0.303 e. The summed E-state index contributed by atoms with van der Waals surface area (Å²) in [5, 5.41) is 8.61. The molecule has 0 spiro atoms. The third-order valence-electron chi connectivity index (χ3n) is 2.00. The average molecular weight is 275 g/mol. The number of aryl methyl sites for hydroxylation is 1. The van der Waals surface area contributed by atoms with Gasteiger partial charge in [0, 0.05) is 13.0 Å². The molecule has 0 saturated carbocycles. The topological polar surface area (TPSA) is 55.1 Å². The molecule has 84 valence electrons. The van der Waals surface area contributed by atoms with Gasteiger partial charge in [-0.3, -0.25) is 4.79 Å². The third kappa shape index (κ3) is 3.66. The third-order valence-corrected chi connectivity index (χ3v) is 2.63. The second kappa shape index (κ2) is 5.30. The molecule has 0 aliphatic rings. The Morgan fingerprint density at radius 1 is 1.67 bits per heavy atom. The molecule has 0 fully saturated rings. The number of halogens is 1. The van der Waals surface area contributed by atoms with Crippen LogP contribution in [0.25, 0.3) is 0 Å². The molecular weight excluding hydrogens is 260 g/mol. The molecule has 1 rings (SSSR count). The largest absolute Gasteiger partial charge is 0.481 e. The molecule has 0 bridgehead atoms. The van der Waals surface area contributed by atoms with Crippen molar-refractivity contribution in [1.82, 2.24) is 9.55 Å². The molecule has 0 aliphatic carbocycles. The van der Waals surface area contributed by atoms with Crippen LogP contribution in [0.1, 0.15) is 26.1 Å². The van der Waals surface area contributed by atoms with Crippen molar-refractivity contribution in [3.05, 3.63) is 16.6 Å². The van der Waals surface area contributed by atoms with Gasteiger partial charge in [0.1, 0.15) is 10.4 Å². The minimum Gasteiger partial charge on any atom is -0.481 e. The van der Waals surface area contributed by atoms with E-state index in [4.69, 9.17) is 5.11 Å². The highest BCUT2D eigenvalue weighted by Gasteiger charge is 2.10. The molecule has 5 heteroatoms. The van der Waals surface area contributed by atoms with E-state index in [1.807, 2.05) is 4.57 Å². The van der Waals surface area contributed by atoms with Crippen LogP contribution in [-0.4, -0.2) is 20.6 Å². The van der Waals surface area contributed by atoms with E-state index in [-0.39, 0.29) is 6.42 Å². The number of nitrogens with zero attached hydrogens (tertiary/aromatic N) is 2. The summed E-state index contributed by atoms with van der Waals surface area (Å²) in [5.41, 5.74) is 0. The zero-order valence-corrected chi connectivity index (χ0v) is 10.5. The van der Waals surface area contributed by atoms with Gasteiger partial charge in [0.2, 0.25) is 0 Å². The molecule has 1 aromatic rings. The first kappa shape index (κ1) is 12.2. The molecule has 0 unspecified atom stereocenters. The first-order valence-corrected chi connectivity index (χ1v) is 5.71. The molecule has 0 atom stereocenters. The Hall–Kier alpha value is -0.840. The van der Waals surface area contributed by atoms with Gasteiger partial charge in [0.25, 0.3) is 0 Å². The SMILES string of the molecule is CC(C)Cn1c(Br)cnc1CCC(=O)O. The molecule has 0 aromatic carbocycles. The van der Waals surface area contributed by atoms with Crippen molar-refractivity contribution < 1.29 is 9.90 Å². The minimum absolute atomic E-state index is 0.127. The maximum Gasteiger partial charge on any atom is 0.303 e. The van der Waals surface area contributed by atoms with E-state index in [2.05, 4.69) is 34.8 Å². The molecule has 15 heavy (non-hydrogen) atoms. The van der Waals surface area contributed by atoms with Gasteiger partial charge in [-0.05, 0) is 21.8 Å². The summed E-state index contributed by atoms with van der Waals surface area (Å²) < 4.78 is 2.93. The van der Waals surface area contributed by atoms with Gasteiger partial charge in [-0.2, -0.15) is 0 Å². The van der Waals surface area contributed by atoms with Crippen molar-refractivity contribution in [1.29, 1.82) is 0 Å². The molecule has 1 N–H and O–H groups in total. The van der Waals surface area contributed by atoms with Crippen molar-refractivity contribution in [3.63, 3.8) is 0 Å². The van der Waals surface area contributed by atoms with Crippen molar-refractivity contribution in [2.75, 3.05) is 0 Å². The van der Waals surface area contributed by atoms with Crippen LogP contribution in [0.3, 0.4) is 0 Å². The lowest BCUT2D eigenvalue weighted by Crippen LogP contribution is -2.10. The highest BCUT2D eigenvalue weighted by atomic mass is 79.9. The number of hydrogen-bond acceptors (Lipinski definition) is 2. The summed E-state index contributed by atoms with van der Waals surface area (Å²) in [4.78, 5) is 14.7. The fourth-order valence-electron chi connectivity index (χ4n) is 1.37. The van der Waals surface area contributed by atoms with Crippen molar-refractivity contribution >= 4 is 21.9 Å². The Kier molecular flexibility index (Phi) is 4.32. The van der Waals surface area contributed by atoms with Gasteiger partial charge in [-0.25, -0.2) is 4.98 Å². The zero-order valence-electron chi connectivity index (χ0n) is 8.90. The fraction of sp³-hybridized carbons (Fsp3) is 0.600. The molecular formula is C10H15BrN2O2. The van der Waals surface area contributed by atoms with Crippen LogP contribution < -0.4 is 0 Å². The van der Waals surface area contributed by atoms with E-state index in [0.717, 1.165) is 17.0 Å². The minimum atomic E-state index is -0.787. The van der Waals surface area contributed by atoms with Gasteiger partial charge in [0.15, 0.2) is 0 Å². The number of carboxylic acid groups (broad SMARTS) is 1. The van der Waals surface area contributed by atoms with E-state index in [9.17, 15) is 4.79 Å². The van der Waals surface area contributed by atoms with Crippen LogP contribution in [0, 0.1) is 5.92 Å². The van der Waals surface area contributed by atoms with E-state index in [1.54, 1.807) is 6.20 Å². The predicted octanol–water partition coefficient (Wildman–Crippen LogP) is 2.32. The fourth-order valence-corrected chi connectivity index (χ4v) is 1.82. The Balaban J connectivity index is 2.74. The zero-order chi connectivity index (χ0) is 11.4. The first-order chi connectivity index (χ1) is 7.00. The van der Waals surface area contributed by atoms with E-state index < -0.39 is 5.97 Å². The van der Waals surface area contributed by atoms with E-state index >= 15 is 0 Å². The molecule has 1 aromatic heterocycles. The highest BCUT2D eigenvalue weighted by Crippen LogP contribution is 2.16. The monoisotopic (exact) mass is 274 g/mol. The van der Waals surface area contributed by atoms with Crippen molar-refractivity contribution in [2.45, 2.75) is 33.2 Å². The number of aromatic nitrogens is 2. The predicted molar refractivity (Wildman–Crippen MR) is 60.7 cm³/mol. The highest BCUT2D eigenvalue weighted by molar-refractivity contribution is 9.10. The second-order valence-corrected chi connectivity index (χ2v) is 4.71. The summed E-state index contributed by atoms with van der Waals surface area (Å²) in [7, 11) is 0. The number of carboxylic acids is 1. The lowest BCUT2D eigenvalue weighted by atomic mass is 10.2. The lowest BCUT2D eigenvalue weighted by Gasteiger charge is -2.11. The van der Waals surface area contributed by atoms with Crippen LogP contribution in [0.15, 0.2) is 10.8 Å². The Labute approximate surface area is 97.4 Å². The quantitative estimate of drug-likeness (QED) is 0.897. The summed E-state index contributed by atoms with van der Waals surface area (Å²) in [6.45, 7) is 5.09. The summed E-state index contributed by atoms with van der Waals surface area (Å²) in [6.07, 6.45) is 2.33. The summed E-state index contributed by atoms with van der Waals surface area (Å²) in [6, 6.07) is 0. The van der Waals surface area contributed by atoms with E-state index in [1.165, 1.54) is 0 Å². The number of aliphatic carboxylic acids is 1. The maximum atomic E-state index is 10.5. The maximum absolute atomic E-state index is 10.5. The van der Waals surface area contributed by atoms with Crippen LogP contribution in [-0.2, 0) is 17.8 Å². The van der Waals surface area contributed by atoms with Crippen LogP contribution >= 0.6 is 15.9 Å². The van der Waals surface area contributed by atoms with Crippen molar-refractivity contribution in [3.8, 4) is 0 Å². The lowest BCUT2D eigenvalue weighted by molar-refractivity contribution is -0.137. The average Bonchev–Trinajstić information content (AvgIpc) is 2.44. The molecule has 1 heterocycles. The Morgan fingerprint density at radius 2 is 2.33 bits per heavy atom. The Morgan fingerprint density at radius 3 is 2.87 bits per heavy atom.